The number of hydrogen-bond acceptors (Lipinski definition) is 3. The maximum Gasteiger partial charge on any atom is 0.122 e. The van der Waals surface area contributed by atoms with Gasteiger partial charge in [0.15, 0.2) is 0 Å². The molecule has 4 heteroatoms. The van der Waals surface area contributed by atoms with E-state index in [1.807, 2.05) is 12.1 Å². The Morgan fingerprint density at radius 1 is 1.31 bits per heavy atom. The molecule has 0 fully saturated rings. The summed E-state index contributed by atoms with van der Waals surface area (Å²) < 4.78 is 10.9. The van der Waals surface area contributed by atoms with E-state index in [9.17, 15) is 0 Å². The number of aromatic nitrogens is 1. The minimum absolute atomic E-state index is 0.407. The van der Waals surface area contributed by atoms with Crippen molar-refractivity contribution in [1.82, 2.24) is 4.98 Å². The second-order valence-electron chi connectivity index (χ2n) is 3.43. The quantitative estimate of drug-likeness (QED) is 0.520. The molecule has 0 saturated carbocycles. The molecule has 0 N–H and O–H groups in total. The van der Waals surface area contributed by atoms with E-state index < -0.39 is 0 Å². The monoisotopic (exact) mass is 243 g/mol. The van der Waals surface area contributed by atoms with Crippen LogP contribution in [0.5, 0.6) is 5.75 Å². The fourth-order valence-corrected chi connectivity index (χ4v) is 1.33. The number of alkyl halides is 1. The van der Waals surface area contributed by atoms with E-state index in [1.54, 1.807) is 6.20 Å². The van der Waals surface area contributed by atoms with Crippen molar-refractivity contribution in [2.75, 3.05) is 19.8 Å². The van der Waals surface area contributed by atoms with Crippen LogP contribution in [0.1, 0.15) is 25.5 Å². The number of pyridine rings is 1. The van der Waals surface area contributed by atoms with Crippen LogP contribution in [-0.2, 0) is 10.6 Å². The van der Waals surface area contributed by atoms with Crippen molar-refractivity contribution in [3.63, 3.8) is 0 Å². The van der Waals surface area contributed by atoms with Gasteiger partial charge < -0.3 is 9.47 Å². The molecule has 0 bridgehead atoms. The number of hydrogen-bond donors (Lipinski definition) is 0. The van der Waals surface area contributed by atoms with Gasteiger partial charge >= 0.3 is 0 Å². The molecule has 0 aliphatic rings. The molecule has 1 aromatic rings. The van der Waals surface area contributed by atoms with Crippen LogP contribution in [0.25, 0.3) is 0 Å². The SMILES string of the molecule is CCCCOCCOc1ccnc(CCl)c1. The highest BCUT2D eigenvalue weighted by Gasteiger charge is 1.97. The summed E-state index contributed by atoms with van der Waals surface area (Å²) >= 11 is 5.67. The highest BCUT2D eigenvalue weighted by molar-refractivity contribution is 6.16. The molecule has 3 nitrogen and oxygen atoms in total. The smallest absolute Gasteiger partial charge is 0.122 e. The van der Waals surface area contributed by atoms with Crippen molar-refractivity contribution in [2.45, 2.75) is 25.6 Å². The highest BCUT2D eigenvalue weighted by Crippen LogP contribution is 2.12. The first kappa shape index (κ1) is 13.3. The molecular formula is C12H18ClNO2. The van der Waals surface area contributed by atoms with E-state index in [4.69, 9.17) is 21.1 Å². The molecule has 16 heavy (non-hydrogen) atoms. The van der Waals surface area contributed by atoms with E-state index in [1.165, 1.54) is 0 Å². The normalized spacial score (nSPS) is 10.4. The zero-order chi connectivity index (χ0) is 11.6. The first-order valence-electron chi connectivity index (χ1n) is 5.58. The van der Waals surface area contributed by atoms with Crippen LogP contribution in [0.4, 0.5) is 0 Å². The van der Waals surface area contributed by atoms with E-state index in [0.717, 1.165) is 30.9 Å². The lowest BCUT2D eigenvalue weighted by Gasteiger charge is -2.07. The molecule has 1 aromatic heterocycles. The molecule has 0 atom stereocenters. The van der Waals surface area contributed by atoms with Crippen molar-refractivity contribution in [2.24, 2.45) is 0 Å². The first-order chi connectivity index (χ1) is 7.86. The topological polar surface area (TPSA) is 31.4 Å². The van der Waals surface area contributed by atoms with Crippen LogP contribution < -0.4 is 4.74 Å². The first-order valence-corrected chi connectivity index (χ1v) is 6.11. The van der Waals surface area contributed by atoms with Crippen molar-refractivity contribution in [1.29, 1.82) is 0 Å². The van der Waals surface area contributed by atoms with E-state index in [-0.39, 0.29) is 0 Å². The molecule has 0 spiro atoms. The Balaban J connectivity index is 2.16. The van der Waals surface area contributed by atoms with Crippen LogP contribution in [0.2, 0.25) is 0 Å². The average molecular weight is 244 g/mol. The molecule has 0 aliphatic heterocycles. The van der Waals surface area contributed by atoms with Crippen molar-refractivity contribution in [3.05, 3.63) is 24.0 Å². The summed E-state index contributed by atoms with van der Waals surface area (Å²) in [4.78, 5) is 4.08. The second-order valence-corrected chi connectivity index (χ2v) is 3.70. The minimum atomic E-state index is 0.407. The van der Waals surface area contributed by atoms with Gasteiger partial charge in [-0.1, -0.05) is 13.3 Å². The molecule has 0 aliphatic carbocycles. The number of ether oxygens (including phenoxy) is 2. The Morgan fingerprint density at radius 3 is 2.94 bits per heavy atom. The van der Waals surface area contributed by atoms with Crippen molar-refractivity contribution < 1.29 is 9.47 Å². The summed E-state index contributed by atoms with van der Waals surface area (Å²) in [5.74, 6) is 1.20. The molecule has 0 unspecified atom stereocenters. The summed E-state index contributed by atoms with van der Waals surface area (Å²) in [6, 6.07) is 3.67. The Bertz CT molecular complexity index is 294. The summed E-state index contributed by atoms with van der Waals surface area (Å²) in [6.45, 7) is 4.14. The molecule has 0 amide bonds. The van der Waals surface area contributed by atoms with Crippen LogP contribution in [0, 0.1) is 0 Å². The average Bonchev–Trinajstić information content (AvgIpc) is 2.34. The van der Waals surface area contributed by atoms with Gasteiger partial charge in [-0.15, -0.1) is 11.6 Å². The Morgan fingerprint density at radius 2 is 2.19 bits per heavy atom. The number of rotatable bonds is 8. The third-order valence-electron chi connectivity index (χ3n) is 2.06. The van der Waals surface area contributed by atoms with E-state index >= 15 is 0 Å². The van der Waals surface area contributed by atoms with Crippen LogP contribution >= 0.6 is 11.6 Å². The third kappa shape index (κ3) is 5.33. The van der Waals surface area contributed by atoms with Gasteiger partial charge in [0.1, 0.15) is 12.4 Å². The second kappa shape index (κ2) is 8.36. The molecule has 1 rings (SSSR count). The zero-order valence-corrected chi connectivity index (χ0v) is 10.4. The van der Waals surface area contributed by atoms with Gasteiger partial charge in [0.2, 0.25) is 0 Å². The fraction of sp³-hybridized carbons (Fsp3) is 0.583. The maximum atomic E-state index is 5.67. The molecular weight excluding hydrogens is 226 g/mol. The van der Waals surface area contributed by atoms with E-state index in [2.05, 4.69) is 11.9 Å². The van der Waals surface area contributed by atoms with Crippen LogP contribution in [0.15, 0.2) is 18.3 Å². The van der Waals surface area contributed by atoms with E-state index in [0.29, 0.717) is 19.1 Å². The van der Waals surface area contributed by atoms with Gasteiger partial charge in [0, 0.05) is 18.9 Å². The summed E-state index contributed by atoms with van der Waals surface area (Å²) in [6.07, 6.45) is 3.96. The summed E-state index contributed by atoms with van der Waals surface area (Å²) in [5, 5.41) is 0. The molecule has 0 saturated heterocycles. The number of unbranched alkanes of at least 4 members (excludes halogenated alkanes) is 1. The Labute approximate surface area is 102 Å². The van der Waals surface area contributed by atoms with Gasteiger partial charge in [0.05, 0.1) is 18.2 Å². The Hall–Kier alpha value is -0.800. The predicted molar refractivity (Wildman–Crippen MR) is 65.0 cm³/mol. The van der Waals surface area contributed by atoms with Gasteiger partial charge in [-0.3, -0.25) is 4.98 Å². The summed E-state index contributed by atoms with van der Waals surface area (Å²) in [7, 11) is 0. The lowest BCUT2D eigenvalue weighted by atomic mass is 10.3. The lowest BCUT2D eigenvalue weighted by Crippen LogP contribution is -2.07. The lowest BCUT2D eigenvalue weighted by molar-refractivity contribution is 0.0980. The van der Waals surface area contributed by atoms with Crippen LogP contribution in [-0.4, -0.2) is 24.8 Å². The molecule has 0 aromatic carbocycles. The Kier molecular flexibility index (Phi) is 6.93. The van der Waals surface area contributed by atoms with Crippen molar-refractivity contribution in [3.8, 4) is 5.75 Å². The minimum Gasteiger partial charge on any atom is -0.491 e. The third-order valence-corrected chi connectivity index (χ3v) is 2.34. The molecule has 1 heterocycles. The van der Waals surface area contributed by atoms with Gasteiger partial charge in [-0.25, -0.2) is 0 Å². The predicted octanol–water partition coefficient (Wildman–Crippen LogP) is 3.02. The number of halogens is 1. The standard InChI is InChI=1S/C12H18ClNO2/c1-2-3-6-15-7-8-16-12-4-5-14-11(9-12)10-13/h4-5,9H,2-3,6-8,10H2,1H3. The molecule has 0 radical (unpaired) electrons. The van der Waals surface area contributed by atoms with Gasteiger partial charge in [0.25, 0.3) is 0 Å². The van der Waals surface area contributed by atoms with Gasteiger partial charge in [-0.05, 0) is 12.5 Å². The largest absolute Gasteiger partial charge is 0.491 e. The number of nitrogens with zero attached hydrogens (tertiary/aromatic N) is 1. The maximum absolute atomic E-state index is 5.67. The fourth-order valence-electron chi connectivity index (χ4n) is 1.19. The highest BCUT2D eigenvalue weighted by atomic mass is 35.5. The molecule has 90 valence electrons. The van der Waals surface area contributed by atoms with Gasteiger partial charge in [-0.2, -0.15) is 0 Å². The van der Waals surface area contributed by atoms with Crippen LogP contribution in [0.3, 0.4) is 0 Å². The van der Waals surface area contributed by atoms with Crippen molar-refractivity contribution >= 4 is 11.6 Å². The summed E-state index contributed by atoms with van der Waals surface area (Å²) in [5.41, 5.74) is 0.825. The zero-order valence-electron chi connectivity index (χ0n) is 9.62.